The van der Waals surface area contributed by atoms with Gasteiger partial charge in [0.25, 0.3) is 11.8 Å². The van der Waals surface area contributed by atoms with Crippen molar-refractivity contribution in [3.8, 4) is 11.5 Å². The third-order valence-electron chi connectivity index (χ3n) is 5.15. The summed E-state index contributed by atoms with van der Waals surface area (Å²) in [4.78, 5) is 24.7. The van der Waals surface area contributed by atoms with Gasteiger partial charge in [-0.1, -0.05) is 17.3 Å². The SMILES string of the molecule is COc1ccccc1C(=O)Nc1ccc(OCc2cc(C(=O)NCC3CCCO3)no2)cc1. The molecule has 2 heterocycles. The maximum atomic E-state index is 12.5. The molecule has 2 aromatic carbocycles. The molecule has 1 fully saturated rings. The molecule has 4 rings (SSSR count). The minimum Gasteiger partial charge on any atom is -0.496 e. The summed E-state index contributed by atoms with van der Waals surface area (Å²) in [5, 5.41) is 9.42. The normalized spacial score (nSPS) is 15.1. The summed E-state index contributed by atoms with van der Waals surface area (Å²) in [5.41, 5.74) is 1.25. The second-order valence-corrected chi connectivity index (χ2v) is 7.49. The molecule has 1 saturated heterocycles. The number of rotatable bonds is 9. The van der Waals surface area contributed by atoms with E-state index in [0.717, 1.165) is 19.4 Å². The average Bonchev–Trinajstić information content (AvgIpc) is 3.54. The van der Waals surface area contributed by atoms with E-state index in [2.05, 4.69) is 15.8 Å². The molecule has 172 valence electrons. The van der Waals surface area contributed by atoms with Crippen LogP contribution in [0.2, 0.25) is 0 Å². The number of benzene rings is 2. The number of anilines is 1. The van der Waals surface area contributed by atoms with Crippen LogP contribution in [0.5, 0.6) is 11.5 Å². The van der Waals surface area contributed by atoms with Gasteiger partial charge < -0.3 is 29.4 Å². The first-order chi connectivity index (χ1) is 16.1. The number of nitrogens with one attached hydrogen (secondary N) is 2. The van der Waals surface area contributed by atoms with E-state index in [-0.39, 0.29) is 30.2 Å². The first-order valence-corrected chi connectivity index (χ1v) is 10.6. The van der Waals surface area contributed by atoms with E-state index >= 15 is 0 Å². The zero-order chi connectivity index (χ0) is 23.0. The van der Waals surface area contributed by atoms with Crippen LogP contribution < -0.4 is 20.1 Å². The molecule has 0 radical (unpaired) electrons. The Morgan fingerprint density at radius 1 is 1.12 bits per heavy atom. The van der Waals surface area contributed by atoms with Crippen molar-refractivity contribution in [2.45, 2.75) is 25.6 Å². The lowest BCUT2D eigenvalue weighted by molar-refractivity contribution is 0.0850. The van der Waals surface area contributed by atoms with Crippen LogP contribution in [0.25, 0.3) is 0 Å². The lowest BCUT2D eigenvalue weighted by Gasteiger charge is -2.10. The minimum absolute atomic E-state index is 0.0612. The molecule has 0 aliphatic carbocycles. The Hall–Kier alpha value is -3.85. The van der Waals surface area contributed by atoms with Crippen LogP contribution in [-0.2, 0) is 11.3 Å². The Kier molecular flexibility index (Phi) is 7.21. The summed E-state index contributed by atoms with van der Waals surface area (Å²) in [6, 6.07) is 15.5. The van der Waals surface area contributed by atoms with Gasteiger partial charge in [-0.25, -0.2) is 0 Å². The largest absolute Gasteiger partial charge is 0.496 e. The van der Waals surface area contributed by atoms with Gasteiger partial charge in [0.15, 0.2) is 11.5 Å². The Morgan fingerprint density at radius 2 is 1.94 bits per heavy atom. The fourth-order valence-electron chi connectivity index (χ4n) is 3.41. The smallest absolute Gasteiger partial charge is 0.273 e. The first-order valence-electron chi connectivity index (χ1n) is 10.6. The van der Waals surface area contributed by atoms with E-state index < -0.39 is 0 Å². The third-order valence-corrected chi connectivity index (χ3v) is 5.15. The van der Waals surface area contributed by atoms with Crippen LogP contribution in [0, 0.1) is 0 Å². The molecule has 9 nitrogen and oxygen atoms in total. The first kappa shape index (κ1) is 22.3. The highest BCUT2D eigenvalue weighted by atomic mass is 16.5. The lowest BCUT2D eigenvalue weighted by atomic mass is 10.2. The molecule has 3 aromatic rings. The van der Waals surface area contributed by atoms with Gasteiger partial charge in [0.05, 0.1) is 18.8 Å². The zero-order valence-corrected chi connectivity index (χ0v) is 18.2. The number of carbonyl (C=O) groups is 2. The predicted octanol–water partition coefficient (Wildman–Crippen LogP) is 3.42. The summed E-state index contributed by atoms with van der Waals surface area (Å²) in [7, 11) is 1.52. The molecule has 2 amide bonds. The monoisotopic (exact) mass is 451 g/mol. The number of hydrogen-bond donors (Lipinski definition) is 2. The van der Waals surface area contributed by atoms with Crippen molar-refractivity contribution >= 4 is 17.5 Å². The number of amides is 2. The summed E-state index contributed by atoms with van der Waals surface area (Å²) in [6.07, 6.45) is 2.02. The van der Waals surface area contributed by atoms with Crippen molar-refractivity contribution in [2.75, 3.05) is 25.6 Å². The molecule has 33 heavy (non-hydrogen) atoms. The second-order valence-electron chi connectivity index (χ2n) is 7.49. The molecule has 0 spiro atoms. The van der Waals surface area contributed by atoms with E-state index in [1.54, 1.807) is 54.6 Å². The summed E-state index contributed by atoms with van der Waals surface area (Å²) in [6.45, 7) is 1.30. The van der Waals surface area contributed by atoms with Crippen molar-refractivity contribution in [3.63, 3.8) is 0 Å². The maximum absolute atomic E-state index is 12.5. The predicted molar refractivity (Wildman–Crippen MR) is 120 cm³/mol. The van der Waals surface area contributed by atoms with E-state index in [9.17, 15) is 9.59 Å². The summed E-state index contributed by atoms with van der Waals surface area (Å²) >= 11 is 0. The van der Waals surface area contributed by atoms with Gasteiger partial charge in [-0.2, -0.15) is 0 Å². The molecule has 1 aromatic heterocycles. The highest BCUT2D eigenvalue weighted by Gasteiger charge is 2.18. The van der Waals surface area contributed by atoms with Gasteiger partial charge in [-0.3, -0.25) is 9.59 Å². The summed E-state index contributed by atoms with van der Waals surface area (Å²) in [5.74, 6) is 0.919. The Morgan fingerprint density at radius 3 is 2.70 bits per heavy atom. The molecule has 2 N–H and O–H groups in total. The molecule has 0 saturated carbocycles. The fourth-order valence-corrected chi connectivity index (χ4v) is 3.41. The number of methoxy groups -OCH3 is 1. The quantitative estimate of drug-likeness (QED) is 0.513. The van der Waals surface area contributed by atoms with E-state index in [1.807, 2.05) is 0 Å². The molecule has 1 aliphatic rings. The third kappa shape index (κ3) is 5.89. The van der Waals surface area contributed by atoms with Crippen LogP contribution >= 0.6 is 0 Å². The van der Waals surface area contributed by atoms with Gasteiger partial charge >= 0.3 is 0 Å². The van der Waals surface area contributed by atoms with Crippen LogP contribution in [0.15, 0.2) is 59.1 Å². The molecule has 0 bridgehead atoms. The topological polar surface area (TPSA) is 112 Å². The van der Waals surface area contributed by atoms with E-state index in [0.29, 0.717) is 35.1 Å². The Balaban J connectivity index is 1.26. The molecule has 1 unspecified atom stereocenters. The van der Waals surface area contributed by atoms with Gasteiger partial charge in [-0.05, 0) is 49.2 Å². The number of carbonyl (C=O) groups excluding carboxylic acids is 2. The lowest BCUT2D eigenvalue weighted by Crippen LogP contribution is -2.31. The highest BCUT2D eigenvalue weighted by molar-refractivity contribution is 6.06. The minimum atomic E-state index is -0.310. The van der Waals surface area contributed by atoms with Crippen LogP contribution in [0.3, 0.4) is 0 Å². The summed E-state index contributed by atoms with van der Waals surface area (Å²) < 4.78 is 21.6. The maximum Gasteiger partial charge on any atom is 0.273 e. The molecular weight excluding hydrogens is 426 g/mol. The number of nitrogens with zero attached hydrogens (tertiary/aromatic N) is 1. The van der Waals surface area contributed by atoms with Crippen molar-refractivity contribution in [3.05, 3.63) is 71.6 Å². The second kappa shape index (κ2) is 10.6. The highest BCUT2D eigenvalue weighted by Crippen LogP contribution is 2.21. The van der Waals surface area contributed by atoms with Crippen molar-refractivity contribution in [1.82, 2.24) is 10.5 Å². The standard InChI is InChI=1S/C24H25N3O6/c1-30-22-7-3-2-6-20(22)23(28)26-16-8-10-17(11-9-16)32-15-19-13-21(27-33-19)24(29)25-14-18-5-4-12-31-18/h2-3,6-11,13,18H,4-5,12,14-15H2,1H3,(H,25,29)(H,26,28). The van der Waals surface area contributed by atoms with Crippen molar-refractivity contribution < 1.29 is 28.3 Å². The van der Waals surface area contributed by atoms with E-state index in [1.165, 1.54) is 7.11 Å². The Labute approximate surface area is 191 Å². The molecule has 1 aliphatic heterocycles. The van der Waals surface area contributed by atoms with Gasteiger partial charge in [-0.15, -0.1) is 0 Å². The molecule has 9 heteroatoms. The number of ether oxygens (including phenoxy) is 3. The van der Waals surface area contributed by atoms with E-state index in [4.69, 9.17) is 18.7 Å². The zero-order valence-electron chi connectivity index (χ0n) is 18.2. The molecular formula is C24H25N3O6. The molecule has 1 atom stereocenters. The number of aromatic nitrogens is 1. The van der Waals surface area contributed by atoms with Crippen LogP contribution in [-0.4, -0.2) is 43.3 Å². The Bertz CT molecular complexity index is 1090. The van der Waals surface area contributed by atoms with Crippen molar-refractivity contribution in [1.29, 1.82) is 0 Å². The number of hydrogen-bond acceptors (Lipinski definition) is 7. The van der Waals surface area contributed by atoms with Crippen LogP contribution in [0.1, 0.15) is 39.4 Å². The van der Waals surface area contributed by atoms with Crippen molar-refractivity contribution in [2.24, 2.45) is 0 Å². The van der Waals surface area contributed by atoms with Gasteiger partial charge in [0.1, 0.15) is 18.1 Å². The number of para-hydroxylation sites is 1. The average molecular weight is 451 g/mol. The fraction of sp³-hybridized carbons (Fsp3) is 0.292. The van der Waals surface area contributed by atoms with Gasteiger partial charge in [0, 0.05) is 24.9 Å². The van der Waals surface area contributed by atoms with Crippen LogP contribution in [0.4, 0.5) is 5.69 Å². The van der Waals surface area contributed by atoms with Gasteiger partial charge in [0.2, 0.25) is 0 Å².